The topological polar surface area (TPSA) is 56.7 Å². The van der Waals surface area contributed by atoms with Crippen molar-refractivity contribution in [3.63, 3.8) is 0 Å². The van der Waals surface area contributed by atoms with Crippen molar-refractivity contribution in [1.29, 1.82) is 0 Å². The van der Waals surface area contributed by atoms with Gasteiger partial charge in [0.25, 0.3) is 0 Å². The predicted molar refractivity (Wildman–Crippen MR) is 88.8 cm³/mol. The van der Waals surface area contributed by atoms with Gasteiger partial charge in [0.15, 0.2) is 5.82 Å². The first-order chi connectivity index (χ1) is 10.1. The fourth-order valence-corrected chi connectivity index (χ4v) is 2.43. The van der Waals surface area contributed by atoms with E-state index in [1.807, 2.05) is 42.6 Å². The maximum absolute atomic E-state index is 5.85. The molecule has 0 aliphatic heterocycles. The molecule has 4 nitrogen and oxygen atoms in total. The maximum atomic E-state index is 5.85. The number of para-hydroxylation sites is 1. The summed E-state index contributed by atoms with van der Waals surface area (Å²) in [6.45, 7) is 4.22. The minimum absolute atomic E-state index is 0.367. The second-order valence-electron chi connectivity index (χ2n) is 5.25. The average Bonchev–Trinajstić information content (AvgIpc) is 2.96. The molecule has 3 aromatic rings. The number of nitrogens with zero attached hydrogens (tertiary/aromatic N) is 3. The van der Waals surface area contributed by atoms with Gasteiger partial charge in [0.2, 0.25) is 0 Å². The van der Waals surface area contributed by atoms with E-state index in [2.05, 4.69) is 23.9 Å². The van der Waals surface area contributed by atoms with Crippen molar-refractivity contribution >= 4 is 28.1 Å². The van der Waals surface area contributed by atoms with Crippen molar-refractivity contribution in [2.24, 2.45) is 5.73 Å². The Kier molecular flexibility index (Phi) is 3.43. The lowest BCUT2D eigenvalue weighted by Gasteiger charge is -2.08. The normalized spacial score (nSPS) is 11.2. The Morgan fingerprint density at radius 3 is 2.67 bits per heavy atom. The van der Waals surface area contributed by atoms with Crippen LogP contribution in [0.15, 0.2) is 42.6 Å². The van der Waals surface area contributed by atoms with Crippen molar-refractivity contribution in [3.05, 3.63) is 53.9 Å². The van der Waals surface area contributed by atoms with Crippen molar-refractivity contribution in [2.75, 3.05) is 0 Å². The summed E-state index contributed by atoms with van der Waals surface area (Å²) in [6.07, 6.45) is 1.91. The van der Waals surface area contributed by atoms with Crippen molar-refractivity contribution in [2.45, 2.75) is 19.8 Å². The quantitative estimate of drug-likeness (QED) is 0.754. The van der Waals surface area contributed by atoms with E-state index in [1.54, 1.807) is 4.68 Å². The standard InChI is InChI=1S/C16H16N4S/c1-10(2)13-7-8-20(19-13)15-9-12(16(17)21)11-5-3-4-6-14(11)18-15/h3-10H,1-2H3,(H2,17,21). The summed E-state index contributed by atoms with van der Waals surface area (Å²) < 4.78 is 1.77. The first-order valence-electron chi connectivity index (χ1n) is 6.82. The molecule has 2 N–H and O–H groups in total. The van der Waals surface area contributed by atoms with Crippen LogP contribution in [0.3, 0.4) is 0 Å². The van der Waals surface area contributed by atoms with Crippen LogP contribution in [0.1, 0.15) is 31.0 Å². The minimum atomic E-state index is 0.367. The van der Waals surface area contributed by atoms with Crippen LogP contribution < -0.4 is 5.73 Å². The lowest BCUT2D eigenvalue weighted by molar-refractivity contribution is 0.759. The molecular weight excluding hydrogens is 280 g/mol. The van der Waals surface area contributed by atoms with Crippen molar-refractivity contribution in [1.82, 2.24) is 14.8 Å². The highest BCUT2D eigenvalue weighted by molar-refractivity contribution is 7.80. The Hall–Kier alpha value is -2.27. The molecule has 0 fully saturated rings. The van der Waals surface area contributed by atoms with Gasteiger partial charge in [0, 0.05) is 17.1 Å². The van der Waals surface area contributed by atoms with E-state index in [1.165, 1.54) is 0 Å². The van der Waals surface area contributed by atoms with Crippen molar-refractivity contribution in [3.8, 4) is 5.82 Å². The summed E-state index contributed by atoms with van der Waals surface area (Å²) in [5, 5.41) is 5.52. The van der Waals surface area contributed by atoms with Crippen LogP contribution in [0.5, 0.6) is 0 Å². The highest BCUT2D eigenvalue weighted by Crippen LogP contribution is 2.21. The molecule has 0 unspecified atom stereocenters. The molecule has 0 amide bonds. The second-order valence-corrected chi connectivity index (χ2v) is 5.69. The van der Waals surface area contributed by atoms with Crippen LogP contribution in [0.2, 0.25) is 0 Å². The third-order valence-electron chi connectivity index (χ3n) is 3.40. The summed E-state index contributed by atoms with van der Waals surface area (Å²) >= 11 is 5.17. The summed E-state index contributed by atoms with van der Waals surface area (Å²) in [5.41, 5.74) is 8.57. The van der Waals surface area contributed by atoms with Gasteiger partial charge in [-0.3, -0.25) is 0 Å². The maximum Gasteiger partial charge on any atom is 0.154 e. The van der Waals surface area contributed by atoms with E-state index in [0.29, 0.717) is 10.9 Å². The number of benzene rings is 1. The molecule has 2 heterocycles. The number of pyridine rings is 1. The molecule has 0 bridgehead atoms. The van der Waals surface area contributed by atoms with Crippen LogP contribution in [0.25, 0.3) is 16.7 Å². The van der Waals surface area contributed by atoms with Crippen LogP contribution >= 0.6 is 12.2 Å². The van der Waals surface area contributed by atoms with Gasteiger partial charge >= 0.3 is 0 Å². The number of nitrogens with two attached hydrogens (primary N) is 1. The van der Waals surface area contributed by atoms with E-state index in [9.17, 15) is 0 Å². The third kappa shape index (κ3) is 2.52. The van der Waals surface area contributed by atoms with Crippen LogP contribution in [-0.2, 0) is 0 Å². The van der Waals surface area contributed by atoms with E-state index in [4.69, 9.17) is 18.0 Å². The lowest BCUT2D eigenvalue weighted by atomic mass is 10.1. The van der Waals surface area contributed by atoms with E-state index in [0.717, 1.165) is 28.0 Å². The number of hydrogen-bond donors (Lipinski definition) is 1. The average molecular weight is 296 g/mol. The molecule has 1 aromatic carbocycles. The SMILES string of the molecule is CC(C)c1ccn(-c2cc(C(N)=S)c3ccccc3n2)n1. The monoisotopic (exact) mass is 296 g/mol. The Bertz CT molecular complexity index is 820. The van der Waals surface area contributed by atoms with Gasteiger partial charge in [-0.2, -0.15) is 5.10 Å². The van der Waals surface area contributed by atoms with Gasteiger partial charge < -0.3 is 5.73 Å². The molecule has 0 saturated carbocycles. The molecule has 0 saturated heterocycles. The number of fused-ring (bicyclic) bond motifs is 1. The summed E-state index contributed by atoms with van der Waals surface area (Å²) in [5.74, 6) is 1.10. The predicted octanol–water partition coefficient (Wildman–Crippen LogP) is 3.18. The Morgan fingerprint density at radius 1 is 1.24 bits per heavy atom. The first kappa shape index (κ1) is 13.7. The zero-order valence-electron chi connectivity index (χ0n) is 11.9. The van der Waals surface area contributed by atoms with E-state index >= 15 is 0 Å². The zero-order chi connectivity index (χ0) is 15.0. The smallest absolute Gasteiger partial charge is 0.154 e. The van der Waals surface area contributed by atoms with Gasteiger partial charge in [0.05, 0.1) is 11.2 Å². The van der Waals surface area contributed by atoms with Gasteiger partial charge in [-0.1, -0.05) is 44.3 Å². The Morgan fingerprint density at radius 2 is 2.00 bits per heavy atom. The van der Waals surface area contributed by atoms with Crippen LogP contribution in [0, 0.1) is 0 Å². The van der Waals surface area contributed by atoms with Gasteiger partial charge in [0.1, 0.15) is 4.99 Å². The van der Waals surface area contributed by atoms with Crippen LogP contribution in [0.4, 0.5) is 0 Å². The lowest BCUT2D eigenvalue weighted by Crippen LogP contribution is -2.12. The zero-order valence-corrected chi connectivity index (χ0v) is 12.8. The summed E-state index contributed by atoms with van der Waals surface area (Å²) in [6, 6.07) is 11.7. The number of hydrogen-bond acceptors (Lipinski definition) is 3. The summed E-state index contributed by atoms with van der Waals surface area (Å²) in [4.78, 5) is 5.01. The molecule has 3 rings (SSSR count). The number of aromatic nitrogens is 3. The minimum Gasteiger partial charge on any atom is -0.389 e. The highest BCUT2D eigenvalue weighted by atomic mass is 32.1. The molecule has 0 atom stereocenters. The molecule has 0 radical (unpaired) electrons. The largest absolute Gasteiger partial charge is 0.389 e. The molecule has 21 heavy (non-hydrogen) atoms. The molecule has 0 aliphatic carbocycles. The number of thiocarbonyl (C=S) groups is 1. The Balaban J connectivity index is 2.20. The Labute approximate surface area is 128 Å². The van der Waals surface area contributed by atoms with Gasteiger partial charge in [-0.25, -0.2) is 9.67 Å². The molecule has 0 spiro atoms. The second kappa shape index (κ2) is 5.26. The fraction of sp³-hybridized carbons (Fsp3) is 0.188. The third-order valence-corrected chi connectivity index (χ3v) is 3.62. The molecule has 0 aliphatic rings. The molecule has 2 aromatic heterocycles. The highest BCUT2D eigenvalue weighted by Gasteiger charge is 2.11. The number of rotatable bonds is 3. The van der Waals surface area contributed by atoms with Gasteiger partial charge in [-0.15, -0.1) is 0 Å². The van der Waals surface area contributed by atoms with E-state index < -0.39 is 0 Å². The van der Waals surface area contributed by atoms with E-state index in [-0.39, 0.29) is 0 Å². The summed E-state index contributed by atoms with van der Waals surface area (Å²) in [7, 11) is 0. The first-order valence-corrected chi connectivity index (χ1v) is 7.22. The van der Waals surface area contributed by atoms with Crippen molar-refractivity contribution < 1.29 is 0 Å². The molecule has 5 heteroatoms. The van der Waals surface area contributed by atoms with Crippen LogP contribution in [-0.4, -0.2) is 19.8 Å². The molecular formula is C16H16N4S. The fourth-order valence-electron chi connectivity index (χ4n) is 2.26. The van der Waals surface area contributed by atoms with Gasteiger partial charge in [-0.05, 0) is 24.1 Å². The molecule has 106 valence electrons.